The Morgan fingerprint density at radius 3 is 2.40 bits per heavy atom. The highest BCUT2D eigenvalue weighted by Gasteiger charge is 2.16. The summed E-state index contributed by atoms with van der Waals surface area (Å²) in [6.07, 6.45) is 3.82. The molecular formula is C15H26N2O2S. The first kappa shape index (κ1) is 17.1. The Hall–Kier alpha value is -0.910. The molecule has 0 aliphatic carbocycles. The van der Waals surface area contributed by atoms with Gasteiger partial charge in [-0.05, 0) is 57.5 Å². The van der Waals surface area contributed by atoms with Crippen LogP contribution in [0.4, 0.5) is 0 Å². The lowest BCUT2D eigenvalue weighted by Crippen LogP contribution is -2.32. The van der Waals surface area contributed by atoms with Crippen molar-refractivity contribution in [3.05, 3.63) is 29.8 Å². The van der Waals surface area contributed by atoms with E-state index in [1.165, 1.54) is 5.56 Å². The highest BCUT2D eigenvalue weighted by atomic mass is 32.2. The molecular weight excluding hydrogens is 272 g/mol. The van der Waals surface area contributed by atoms with Crippen LogP contribution < -0.4 is 10.0 Å². The van der Waals surface area contributed by atoms with Gasteiger partial charge >= 0.3 is 0 Å². The normalized spacial score (nSPS) is 13.3. The van der Waals surface area contributed by atoms with Crippen LogP contribution in [-0.2, 0) is 16.4 Å². The largest absolute Gasteiger partial charge is 0.320 e. The van der Waals surface area contributed by atoms with E-state index in [9.17, 15) is 8.42 Å². The Bertz CT molecular complexity index is 483. The highest BCUT2D eigenvalue weighted by Crippen LogP contribution is 2.13. The molecule has 0 aromatic heterocycles. The van der Waals surface area contributed by atoms with Gasteiger partial charge in [0.15, 0.2) is 0 Å². The van der Waals surface area contributed by atoms with Crippen LogP contribution in [0.3, 0.4) is 0 Å². The molecule has 4 nitrogen and oxygen atoms in total. The van der Waals surface area contributed by atoms with Crippen molar-refractivity contribution in [2.45, 2.75) is 50.5 Å². The Labute approximate surface area is 123 Å². The smallest absolute Gasteiger partial charge is 0.240 e. The molecule has 0 radical (unpaired) electrons. The fourth-order valence-corrected chi connectivity index (χ4v) is 3.41. The minimum atomic E-state index is -3.39. The van der Waals surface area contributed by atoms with Crippen LogP contribution in [0.15, 0.2) is 29.2 Å². The fourth-order valence-electron chi connectivity index (χ4n) is 2.13. The quantitative estimate of drug-likeness (QED) is 0.688. The molecule has 0 bridgehead atoms. The average Bonchev–Trinajstić information content (AvgIpc) is 2.39. The summed E-state index contributed by atoms with van der Waals surface area (Å²) in [6.45, 7) is 4.91. The Kier molecular flexibility index (Phi) is 7.19. The number of hydrogen-bond acceptors (Lipinski definition) is 3. The predicted molar refractivity (Wildman–Crippen MR) is 83.4 cm³/mol. The van der Waals surface area contributed by atoms with Gasteiger partial charge < -0.3 is 5.32 Å². The highest BCUT2D eigenvalue weighted by molar-refractivity contribution is 7.89. The maximum Gasteiger partial charge on any atom is 0.240 e. The first-order valence-corrected chi connectivity index (χ1v) is 8.73. The second kappa shape index (κ2) is 8.39. The molecule has 1 unspecified atom stereocenters. The molecule has 20 heavy (non-hydrogen) atoms. The van der Waals surface area contributed by atoms with Gasteiger partial charge in [-0.25, -0.2) is 13.1 Å². The van der Waals surface area contributed by atoms with Gasteiger partial charge in [0.1, 0.15) is 0 Å². The summed E-state index contributed by atoms with van der Waals surface area (Å²) in [4.78, 5) is 0.345. The van der Waals surface area contributed by atoms with Gasteiger partial charge in [-0.2, -0.15) is 0 Å². The molecule has 0 aliphatic heterocycles. The lowest BCUT2D eigenvalue weighted by atomic mass is 10.1. The number of aryl methyl sites for hydroxylation is 1. The lowest BCUT2D eigenvalue weighted by Gasteiger charge is -2.13. The number of nitrogens with one attached hydrogen (secondary N) is 2. The lowest BCUT2D eigenvalue weighted by molar-refractivity contribution is 0.544. The summed E-state index contributed by atoms with van der Waals surface area (Å²) in [5.41, 5.74) is 1.17. The van der Waals surface area contributed by atoms with Crippen molar-refractivity contribution >= 4 is 10.0 Å². The maximum atomic E-state index is 12.2. The van der Waals surface area contributed by atoms with Crippen LogP contribution >= 0.6 is 0 Å². The number of sulfonamides is 1. The Morgan fingerprint density at radius 2 is 1.85 bits per heavy atom. The van der Waals surface area contributed by atoms with Crippen LogP contribution in [0, 0.1) is 0 Å². The average molecular weight is 298 g/mol. The van der Waals surface area contributed by atoms with Crippen molar-refractivity contribution in [1.82, 2.24) is 10.0 Å². The molecule has 1 atom stereocenters. The summed E-state index contributed by atoms with van der Waals surface area (Å²) in [5, 5.41) is 3.10. The van der Waals surface area contributed by atoms with E-state index in [1.54, 1.807) is 12.1 Å². The van der Waals surface area contributed by atoms with Crippen LogP contribution in [-0.4, -0.2) is 28.1 Å². The van der Waals surface area contributed by atoms with Crippen LogP contribution in [0.25, 0.3) is 0 Å². The van der Waals surface area contributed by atoms with Crippen molar-refractivity contribution in [2.75, 3.05) is 13.6 Å². The summed E-state index contributed by atoms with van der Waals surface area (Å²) in [7, 11) is -1.46. The second-order valence-corrected chi connectivity index (χ2v) is 6.88. The Balaban J connectivity index is 2.66. The van der Waals surface area contributed by atoms with Gasteiger partial charge in [0.2, 0.25) is 10.0 Å². The second-order valence-electron chi connectivity index (χ2n) is 5.16. The zero-order chi connectivity index (χ0) is 15.0. The number of benzene rings is 1. The molecule has 1 rings (SSSR count). The van der Waals surface area contributed by atoms with Crippen LogP contribution in [0.5, 0.6) is 0 Å². The molecule has 0 heterocycles. The van der Waals surface area contributed by atoms with Gasteiger partial charge in [0, 0.05) is 6.04 Å². The van der Waals surface area contributed by atoms with Crippen molar-refractivity contribution in [3.8, 4) is 0 Å². The molecule has 5 heteroatoms. The summed E-state index contributed by atoms with van der Waals surface area (Å²) < 4.78 is 27.0. The van der Waals surface area contributed by atoms with E-state index in [-0.39, 0.29) is 6.04 Å². The van der Waals surface area contributed by atoms with E-state index in [4.69, 9.17) is 0 Å². The van der Waals surface area contributed by atoms with E-state index < -0.39 is 10.0 Å². The Morgan fingerprint density at radius 1 is 1.20 bits per heavy atom. The van der Waals surface area contributed by atoms with E-state index in [1.807, 2.05) is 33.0 Å². The topological polar surface area (TPSA) is 58.2 Å². The minimum absolute atomic E-state index is 0.0275. The SMILES string of the molecule is CCCC(C)NS(=O)(=O)c1ccc(CCCNC)cc1. The molecule has 0 saturated carbocycles. The first-order valence-electron chi connectivity index (χ1n) is 7.25. The monoisotopic (exact) mass is 298 g/mol. The fraction of sp³-hybridized carbons (Fsp3) is 0.600. The molecule has 0 amide bonds. The molecule has 0 saturated heterocycles. The van der Waals surface area contributed by atoms with E-state index in [0.29, 0.717) is 4.90 Å². The van der Waals surface area contributed by atoms with Crippen molar-refractivity contribution < 1.29 is 8.42 Å². The number of rotatable bonds is 9. The van der Waals surface area contributed by atoms with Gasteiger partial charge in [-0.3, -0.25) is 0 Å². The number of hydrogen-bond donors (Lipinski definition) is 2. The van der Waals surface area contributed by atoms with Gasteiger partial charge in [0.25, 0.3) is 0 Å². The van der Waals surface area contributed by atoms with Gasteiger partial charge in [-0.15, -0.1) is 0 Å². The third-order valence-electron chi connectivity index (χ3n) is 3.20. The van der Waals surface area contributed by atoms with Gasteiger partial charge in [-0.1, -0.05) is 25.5 Å². The third-order valence-corrected chi connectivity index (χ3v) is 4.81. The standard InChI is InChI=1S/C15H26N2O2S/c1-4-6-13(2)17-20(18,19)15-10-8-14(9-11-15)7-5-12-16-3/h8-11,13,16-17H,4-7,12H2,1-3H3. The van der Waals surface area contributed by atoms with Gasteiger partial charge in [0.05, 0.1) is 4.90 Å². The van der Waals surface area contributed by atoms with Crippen molar-refractivity contribution in [1.29, 1.82) is 0 Å². The molecule has 0 fully saturated rings. The molecule has 2 N–H and O–H groups in total. The van der Waals surface area contributed by atoms with E-state index >= 15 is 0 Å². The first-order chi connectivity index (χ1) is 9.49. The maximum absolute atomic E-state index is 12.2. The van der Waals surface area contributed by atoms with Crippen molar-refractivity contribution in [3.63, 3.8) is 0 Å². The zero-order valence-electron chi connectivity index (χ0n) is 12.6. The molecule has 1 aromatic rings. The molecule has 1 aromatic carbocycles. The van der Waals surface area contributed by atoms with Crippen molar-refractivity contribution in [2.24, 2.45) is 0 Å². The van der Waals surface area contributed by atoms with E-state index in [2.05, 4.69) is 10.0 Å². The molecule has 114 valence electrons. The van der Waals surface area contributed by atoms with Crippen LogP contribution in [0.2, 0.25) is 0 Å². The van der Waals surface area contributed by atoms with E-state index in [0.717, 1.165) is 32.2 Å². The molecule has 0 spiro atoms. The van der Waals surface area contributed by atoms with Crippen LogP contribution in [0.1, 0.15) is 38.7 Å². The minimum Gasteiger partial charge on any atom is -0.320 e. The summed E-state index contributed by atoms with van der Waals surface area (Å²) >= 11 is 0. The zero-order valence-corrected chi connectivity index (χ0v) is 13.5. The summed E-state index contributed by atoms with van der Waals surface area (Å²) in [6, 6.07) is 7.15. The molecule has 0 aliphatic rings. The predicted octanol–water partition coefficient (Wildman–Crippen LogP) is 2.31. The third kappa shape index (κ3) is 5.61. The summed E-state index contributed by atoms with van der Waals surface area (Å²) in [5.74, 6) is 0.